The summed E-state index contributed by atoms with van der Waals surface area (Å²) in [6, 6.07) is 5.11. The standard InChI is InChI=1S/C15H17N3O3/c1-15(2,3)18(9-12(19)20)14(21)10-5-4-6-11-13(10)17-8-7-16-11/h4-8H,9H2,1-3H3,(H,19,20). The van der Waals surface area contributed by atoms with Crippen LogP contribution in [0.15, 0.2) is 30.6 Å². The minimum atomic E-state index is -1.05. The van der Waals surface area contributed by atoms with Crippen molar-refractivity contribution in [3.8, 4) is 0 Å². The summed E-state index contributed by atoms with van der Waals surface area (Å²) in [6.07, 6.45) is 3.06. The molecular formula is C15H17N3O3. The molecule has 0 spiro atoms. The van der Waals surface area contributed by atoms with E-state index in [1.54, 1.807) is 45.2 Å². The minimum absolute atomic E-state index is 0.358. The largest absolute Gasteiger partial charge is 0.480 e. The Kier molecular flexibility index (Phi) is 3.88. The molecule has 0 unspecified atom stereocenters. The van der Waals surface area contributed by atoms with Gasteiger partial charge in [-0.2, -0.15) is 0 Å². The monoisotopic (exact) mass is 287 g/mol. The third kappa shape index (κ3) is 3.16. The highest BCUT2D eigenvalue weighted by Gasteiger charge is 2.30. The van der Waals surface area contributed by atoms with Crippen molar-refractivity contribution in [2.24, 2.45) is 0 Å². The Balaban J connectivity index is 2.51. The van der Waals surface area contributed by atoms with E-state index in [-0.39, 0.29) is 12.5 Å². The van der Waals surface area contributed by atoms with Gasteiger partial charge >= 0.3 is 5.97 Å². The van der Waals surface area contributed by atoms with E-state index in [9.17, 15) is 9.59 Å². The van der Waals surface area contributed by atoms with E-state index >= 15 is 0 Å². The number of hydrogen-bond acceptors (Lipinski definition) is 4. The van der Waals surface area contributed by atoms with Gasteiger partial charge in [-0.05, 0) is 32.9 Å². The second-order valence-corrected chi connectivity index (χ2v) is 5.69. The Hall–Kier alpha value is -2.50. The maximum absolute atomic E-state index is 12.7. The van der Waals surface area contributed by atoms with Crippen LogP contribution in [0.1, 0.15) is 31.1 Å². The van der Waals surface area contributed by atoms with Gasteiger partial charge < -0.3 is 10.0 Å². The summed E-state index contributed by atoms with van der Waals surface area (Å²) in [5.41, 5.74) is 0.828. The first-order chi connectivity index (χ1) is 9.80. The summed E-state index contributed by atoms with van der Waals surface area (Å²) >= 11 is 0. The molecule has 1 N–H and O–H groups in total. The molecule has 1 aromatic carbocycles. The van der Waals surface area contributed by atoms with Gasteiger partial charge in [0.2, 0.25) is 0 Å². The number of para-hydroxylation sites is 1. The zero-order chi connectivity index (χ0) is 15.6. The summed E-state index contributed by atoms with van der Waals surface area (Å²) in [5, 5.41) is 9.03. The predicted molar refractivity (Wildman–Crippen MR) is 78.0 cm³/mol. The SMILES string of the molecule is CC(C)(C)N(CC(=O)O)C(=O)c1cccc2nccnc12. The lowest BCUT2D eigenvalue weighted by Gasteiger charge is -2.34. The van der Waals surface area contributed by atoms with E-state index in [0.717, 1.165) is 0 Å². The number of aromatic nitrogens is 2. The average molecular weight is 287 g/mol. The number of carbonyl (C=O) groups is 2. The second kappa shape index (κ2) is 5.47. The van der Waals surface area contributed by atoms with Gasteiger partial charge in [-0.3, -0.25) is 19.6 Å². The normalized spacial score (nSPS) is 11.4. The summed E-state index contributed by atoms with van der Waals surface area (Å²) < 4.78 is 0. The molecule has 0 fully saturated rings. The van der Waals surface area contributed by atoms with E-state index in [2.05, 4.69) is 9.97 Å². The number of carboxylic acids is 1. The molecule has 0 aliphatic carbocycles. The van der Waals surface area contributed by atoms with Gasteiger partial charge in [-0.1, -0.05) is 6.07 Å². The molecule has 0 aliphatic rings. The summed E-state index contributed by atoms with van der Waals surface area (Å²) in [6.45, 7) is 5.03. The number of aliphatic carboxylic acids is 1. The Morgan fingerprint density at radius 2 is 1.86 bits per heavy atom. The molecule has 0 radical (unpaired) electrons. The first-order valence-electron chi connectivity index (χ1n) is 6.54. The Morgan fingerprint density at radius 3 is 2.48 bits per heavy atom. The molecule has 1 aromatic heterocycles. The lowest BCUT2D eigenvalue weighted by Crippen LogP contribution is -2.48. The van der Waals surface area contributed by atoms with Crippen molar-refractivity contribution in [2.45, 2.75) is 26.3 Å². The third-order valence-electron chi connectivity index (χ3n) is 3.08. The highest BCUT2D eigenvalue weighted by molar-refractivity contribution is 6.05. The van der Waals surface area contributed by atoms with Crippen LogP contribution < -0.4 is 0 Å². The number of hydrogen-bond donors (Lipinski definition) is 1. The van der Waals surface area contributed by atoms with Crippen LogP contribution in [0.5, 0.6) is 0 Å². The van der Waals surface area contributed by atoms with Gasteiger partial charge in [0.05, 0.1) is 11.1 Å². The molecule has 21 heavy (non-hydrogen) atoms. The molecule has 0 aliphatic heterocycles. The fourth-order valence-corrected chi connectivity index (χ4v) is 2.06. The zero-order valence-corrected chi connectivity index (χ0v) is 12.2. The fraction of sp³-hybridized carbons (Fsp3) is 0.333. The van der Waals surface area contributed by atoms with E-state index in [1.165, 1.54) is 11.1 Å². The first kappa shape index (κ1) is 14.9. The summed E-state index contributed by atoms with van der Waals surface area (Å²) in [5.74, 6) is -1.42. The van der Waals surface area contributed by atoms with Crippen molar-refractivity contribution in [2.75, 3.05) is 6.54 Å². The Morgan fingerprint density at radius 1 is 1.19 bits per heavy atom. The van der Waals surface area contributed by atoms with Crippen molar-refractivity contribution in [3.63, 3.8) is 0 Å². The molecular weight excluding hydrogens is 270 g/mol. The number of carbonyl (C=O) groups excluding carboxylic acids is 1. The fourth-order valence-electron chi connectivity index (χ4n) is 2.06. The van der Waals surface area contributed by atoms with Crippen molar-refractivity contribution >= 4 is 22.9 Å². The van der Waals surface area contributed by atoms with Gasteiger partial charge in [0.1, 0.15) is 12.1 Å². The van der Waals surface area contributed by atoms with E-state index < -0.39 is 11.5 Å². The molecule has 0 bridgehead atoms. The van der Waals surface area contributed by atoms with Gasteiger partial charge in [0, 0.05) is 17.9 Å². The molecule has 1 amide bonds. The van der Waals surface area contributed by atoms with Crippen molar-refractivity contribution in [1.82, 2.24) is 14.9 Å². The van der Waals surface area contributed by atoms with Crippen LogP contribution in [0.25, 0.3) is 11.0 Å². The van der Waals surface area contributed by atoms with E-state index in [4.69, 9.17) is 5.11 Å². The van der Waals surface area contributed by atoms with Crippen LogP contribution in [0.2, 0.25) is 0 Å². The smallest absolute Gasteiger partial charge is 0.323 e. The van der Waals surface area contributed by atoms with Crippen LogP contribution in [0.4, 0.5) is 0 Å². The molecule has 6 heteroatoms. The number of benzene rings is 1. The highest BCUT2D eigenvalue weighted by Crippen LogP contribution is 2.21. The lowest BCUT2D eigenvalue weighted by molar-refractivity contribution is -0.138. The molecule has 1 heterocycles. The Bertz CT molecular complexity index is 687. The third-order valence-corrected chi connectivity index (χ3v) is 3.08. The number of nitrogens with zero attached hydrogens (tertiary/aromatic N) is 3. The lowest BCUT2D eigenvalue weighted by atomic mass is 10.0. The molecule has 0 saturated carbocycles. The van der Waals surface area contributed by atoms with Crippen LogP contribution in [0.3, 0.4) is 0 Å². The van der Waals surface area contributed by atoms with Gasteiger partial charge in [-0.15, -0.1) is 0 Å². The van der Waals surface area contributed by atoms with Gasteiger partial charge in [0.25, 0.3) is 5.91 Å². The molecule has 110 valence electrons. The molecule has 0 saturated heterocycles. The maximum atomic E-state index is 12.7. The number of carboxylic acid groups (broad SMARTS) is 1. The van der Waals surface area contributed by atoms with Gasteiger partial charge in [0.15, 0.2) is 0 Å². The van der Waals surface area contributed by atoms with E-state index in [0.29, 0.717) is 16.6 Å². The highest BCUT2D eigenvalue weighted by atomic mass is 16.4. The van der Waals surface area contributed by atoms with E-state index in [1.807, 2.05) is 0 Å². The topological polar surface area (TPSA) is 83.4 Å². The van der Waals surface area contributed by atoms with Crippen LogP contribution in [-0.2, 0) is 4.79 Å². The molecule has 2 rings (SSSR count). The minimum Gasteiger partial charge on any atom is -0.480 e. The predicted octanol–water partition coefficient (Wildman–Crippen LogP) is 1.96. The van der Waals surface area contributed by atoms with Crippen LogP contribution in [0, 0.1) is 0 Å². The van der Waals surface area contributed by atoms with Crippen molar-refractivity contribution in [3.05, 3.63) is 36.2 Å². The van der Waals surface area contributed by atoms with Crippen LogP contribution >= 0.6 is 0 Å². The maximum Gasteiger partial charge on any atom is 0.323 e. The molecule has 2 aromatic rings. The first-order valence-corrected chi connectivity index (χ1v) is 6.54. The summed E-state index contributed by atoms with van der Waals surface area (Å²) in [7, 11) is 0. The molecule has 0 atom stereocenters. The average Bonchev–Trinajstić information content (AvgIpc) is 2.42. The number of rotatable bonds is 3. The van der Waals surface area contributed by atoms with Crippen molar-refractivity contribution < 1.29 is 14.7 Å². The summed E-state index contributed by atoms with van der Waals surface area (Å²) in [4.78, 5) is 33.4. The van der Waals surface area contributed by atoms with Crippen LogP contribution in [-0.4, -0.2) is 43.9 Å². The molecule has 6 nitrogen and oxygen atoms in total. The number of fused-ring (bicyclic) bond motifs is 1. The quantitative estimate of drug-likeness (QED) is 0.933. The zero-order valence-electron chi connectivity index (χ0n) is 12.2. The number of amides is 1. The second-order valence-electron chi connectivity index (χ2n) is 5.69. The van der Waals surface area contributed by atoms with Gasteiger partial charge in [-0.25, -0.2) is 0 Å². The Labute approximate surface area is 122 Å². The van der Waals surface area contributed by atoms with Crippen molar-refractivity contribution in [1.29, 1.82) is 0 Å².